The number of rotatable bonds is 3. The van der Waals surface area contributed by atoms with Crippen LogP contribution in [0.15, 0.2) is 54.6 Å². The molecule has 0 aliphatic carbocycles. The third kappa shape index (κ3) is 2.83. The number of aryl methyl sites for hydroxylation is 1. The number of hydrogen-bond acceptors (Lipinski definition) is 2. The van der Waals surface area contributed by atoms with Crippen LogP contribution in [-0.4, -0.2) is 22.2 Å². The Balaban J connectivity index is 2.06. The quantitative estimate of drug-likeness (QED) is 0.401. The van der Waals surface area contributed by atoms with Gasteiger partial charge in [-0.3, -0.25) is 0 Å². The normalized spacial score (nSPS) is 11.1. The summed E-state index contributed by atoms with van der Waals surface area (Å²) in [5, 5.41) is 20.6. The molecule has 2 N–H and O–H groups in total. The maximum absolute atomic E-state index is 12.2. The van der Waals surface area contributed by atoms with Crippen LogP contribution >= 0.6 is 0 Å². The second-order valence-corrected chi connectivity index (χ2v) is 7.20. The van der Waals surface area contributed by atoms with Gasteiger partial charge in [-0.25, -0.2) is 9.59 Å². The molecule has 0 saturated heterocycles. The molecule has 0 amide bonds. The number of nitrogens with zero attached hydrogens (tertiary/aromatic N) is 1. The van der Waals surface area contributed by atoms with Gasteiger partial charge in [0.25, 0.3) is 0 Å². The van der Waals surface area contributed by atoms with E-state index in [-0.39, 0.29) is 11.1 Å². The number of pyridine rings is 1. The Morgan fingerprint density at radius 3 is 2.17 bits per heavy atom. The van der Waals surface area contributed by atoms with E-state index in [2.05, 4.69) is 0 Å². The Kier molecular flexibility index (Phi) is 4.31. The van der Waals surface area contributed by atoms with Crippen molar-refractivity contribution in [2.75, 3.05) is 0 Å². The van der Waals surface area contributed by atoms with Gasteiger partial charge < -0.3 is 10.2 Å². The first-order valence-corrected chi connectivity index (χ1v) is 9.23. The minimum Gasteiger partial charge on any atom is -0.478 e. The molecule has 3 aromatic carbocycles. The van der Waals surface area contributed by atoms with E-state index >= 15 is 0 Å². The molecular weight excluding hydrogens is 366 g/mol. The van der Waals surface area contributed by atoms with E-state index in [0.29, 0.717) is 16.3 Å². The first-order valence-electron chi connectivity index (χ1n) is 9.23. The number of fused-ring (bicyclic) bond motifs is 2. The summed E-state index contributed by atoms with van der Waals surface area (Å²) >= 11 is 0. The smallest absolute Gasteiger partial charge is 0.337 e. The van der Waals surface area contributed by atoms with Crippen LogP contribution in [0.5, 0.6) is 0 Å². The third-order valence-electron chi connectivity index (χ3n) is 5.70. The minimum atomic E-state index is -0.974. The van der Waals surface area contributed by atoms with Gasteiger partial charge in [-0.1, -0.05) is 18.2 Å². The summed E-state index contributed by atoms with van der Waals surface area (Å²) in [6.45, 7) is 3.68. The molecule has 4 rings (SSSR count). The molecule has 1 aromatic heterocycles. The van der Waals surface area contributed by atoms with Crippen molar-refractivity contribution < 1.29 is 24.4 Å². The number of carbonyl (C=O) groups is 2. The van der Waals surface area contributed by atoms with Crippen molar-refractivity contribution >= 4 is 33.7 Å². The van der Waals surface area contributed by atoms with Crippen molar-refractivity contribution in [2.24, 2.45) is 7.05 Å². The second kappa shape index (κ2) is 6.71. The number of aromatic carboxylic acids is 2. The SMILES string of the molecule is Cc1c(C(=O)O)ccc(-c2ccc3c(c2)c(C(=O)O)c2ccccc2[n+]3C)c1C. The molecule has 5 heteroatoms. The summed E-state index contributed by atoms with van der Waals surface area (Å²) in [5.74, 6) is -1.93. The lowest BCUT2D eigenvalue weighted by Gasteiger charge is -2.13. The van der Waals surface area contributed by atoms with Crippen molar-refractivity contribution in [1.82, 2.24) is 0 Å². The Morgan fingerprint density at radius 2 is 1.48 bits per heavy atom. The first-order chi connectivity index (χ1) is 13.8. The molecule has 0 aliphatic heterocycles. The van der Waals surface area contributed by atoms with Gasteiger partial charge in [-0.2, -0.15) is 4.57 Å². The van der Waals surface area contributed by atoms with Gasteiger partial charge in [0.2, 0.25) is 11.0 Å². The molecule has 0 radical (unpaired) electrons. The molecule has 4 aromatic rings. The predicted octanol–water partition coefficient (Wildman–Crippen LogP) is 4.50. The van der Waals surface area contributed by atoms with Crippen LogP contribution in [0.1, 0.15) is 31.8 Å². The molecule has 5 nitrogen and oxygen atoms in total. The van der Waals surface area contributed by atoms with Gasteiger partial charge in [0, 0.05) is 12.1 Å². The molecule has 0 saturated carbocycles. The second-order valence-electron chi connectivity index (χ2n) is 7.20. The van der Waals surface area contributed by atoms with E-state index in [4.69, 9.17) is 0 Å². The summed E-state index contributed by atoms with van der Waals surface area (Å²) in [4.78, 5) is 23.6. The van der Waals surface area contributed by atoms with E-state index in [1.54, 1.807) is 19.1 Å². The topological polar surface area (TPSA) is 78.5 Å². The molecule has 144 valence electrons. The predicted molar refractivity (Wildman–Crippen MR) is 111 cm³/mol. The summed E-state index contributed by atoms with van der Waals surface area (Å²) in [6, 6.07) is 16.6. The summed E-state index contributed by atoms with van der Waals surface area (Å²) < 4.78 is 1.99. The first kappa shape index (κ1) is 18.6. The van der Waals surface area contributed by atoms with E-state index in [9.17, 15) is 19.8 Å². The summed E-state index contributed by atoms with van der Waals surface area (Å²) in [6.07, 6.45) is 0. The molecule has 0 unspecified atom stereocenters. The number of carboxylic acids is 2. The van der Waals surface area contributed by atoms with Crippen molar-refractivity contribution in [3.05, 3.63) is 76.9 Å². The zero-order chi connectivity index (χ0) is 20.9. The number of aromatic nitrogens is 1. The molecule has 0 aliphatic rings. The van der Waals surface area contributed by atoms with Gasteiger partial charge >= 0.3 is 11.9 Å². The van der Waals surface area contributed by atoms with E-state index in [0.717, 1.165) is 27.7 Å². The van der Waals surface area contributed by atoms with Crippen LogP contribution < -0.4 is 4.57 Å². The summed E-state index contributed by atoms with van der Waals surface area (Å²) in [5.41, 5.74) is 5.53. The summed E-state index contributed by atoms with van der Waals surface area (Å²) in [7, 11) is 1.92. The fraction of sp³-hybridized carbons (Fsp3) is 0.125. The zero-order valence-corrected chi connectivity index (χ0v) is 16.4. The van der Waals surface area contributed by atoms with Crippen LogP contribution in [0, 0.1) is 13.8 Å². The number of hydrogen-bond donors (Lipinski definition) is 2. The lowest BCUT2D eigenvalue weighted by Crippen LogP contribution is -2.31. The molecular formula is C24H20NO4+. The standard InChI is InChI=1S/C24H19NO4/c1-13-14(2)17(23(26)27)10-9-16(13)15-8-11-21-19(12-15)22(24(28)29)18-6-4-5-7-20(18)25(21)3/h4-12H,1-3H3,(H-,26,27,28,29)/p+1. The third-order valence-corrected chi connectivity index (χ3v) is 5.70. The highest BCUT2D eigenvalue weighted by molar-refractivity contribution is 6.12. The Labute approximate surface area is 167 Å². The molecule has 0 atom stereocenters. The Bertz CT molecular complexity index is 1340. The Hall–Kier alpha value is -3.73. The fourth-order valence-corrected chi connectivity index (χ4v) is 4.04. The van der Waals surface area contributed by atoms with Gasteiger partial charge in [0.15, 0.2) is 0 Å². The van der Waals surface area contributed by atoms with Gasteiger partial charge in [0.1, 0.15) is 7.05 Å². The fourth-order valence-electron chi connectivity index (χ4n) is 4.04. The highest BCUT2D eigenvalue weighted by Gasteiger charge is 2.23. The highest BCUT2D eigenvalue weighted by Crippen LogP contribution is 2.32. The molecule has 0 spiro atoms. The van der Waals surface area contributed by atoms with Crippen LogP contribution in [0.4, 0.5) is 0 Å². The molecule has 0 fully saturated rings. The molecule has 1 heterocycles. The average Bonchev–Trinajstić information content (AvgIpc) is 2.69. The number of carboxylic acid groups (broad SMARTS) is 2. The van der Waals surface area contributed by atoms with Crippen molar-refractivity contribution in [1.29, 1.82) is 0 Å². The minimum absolute atomic E-state index is 0.270. The molecule has 0 bridgehead atoms. The van der Waals surface area contributed by atoms with Crippen LogP contribution in [0.3, 0.4) is 0 Å². The lowest BCUT2D eigenvalue weighted by atomic mass is 9.92. The monoisotopic (exact) mass is 386 g/mol. The van der Waals surface area contributed by atoms with Crippen LogP contribution in [0.25, 0.3) is 32.9 Å². The van der Waals surface area contributed by atoms with Crippen molar-refractivity contribution in [3.63, 3.8) is 0 Å². The highest BCUT2D eigenvalue weighted by atomic mass is 16.4. The zero-order valence-electron chi connectivity index (χ0n) is 16.4. The van der Waals surface area contributed by atoms with Crippen molar-refractivity contribution in [3.8, 4) is 11.1 Å². The van der Waals surface area contributed by atoms with Gasteiger partial charge in [-0.15, -0.1) is 0 Å². The largest absolute Gasteiger partial charge is 0.478 e. The van der Waals surface area contributed by atoms with E-state index in [1.807, 2.05) is 61.0 Å². The van der Waals surface area contributed by atoms with E-state index in [1.165, 1.54) is 0 Å². The maximum atomic E-state index is 12.2. The van der Waals surface area contributed by atoms with Gasteiger partial charge in [-0.05, 0) is 60.4 Å². The van der Waals surface area contributed by atoms with Crippen LogP contribution in [0.2, 0.25) is 0 Å². The van der Waals surface area contributed by atoms with Gasteiger partial charge in [0.05, 0.1) is 21.9 Å². The maximum Gasteiger partial charge on any atom is 0.337 e. The van der Waals surface area contributed by atoms with Crippen LogP contribution in [-0.2, 0) is 7.05 Å². The Morgan fingerprint density at radius 1 is 0.793 bits per heavy atom. The van der Waals surface area contributed by atoms with E-state index < -0.39 is 11.9 Å². The number of benzene rings is 3. The lowest BCUT2D eigenvalue weighted by molar-refractivity contribution is -0.617. The molecule has 29 heavy (non-hydrogen) atoms. The number of para-hydroxylation sites is 1. The van der Waals surface area contributed by atoms with Crippen molar-refractivity contribution in [2.45, 2.75) is 13.8 Å². The average molecular weight is 386 g/mol.